The van der Waals surface area contributed by atoms with Gasteiger partial charge in [-0.25, -0.2) is 4.79 Å². The van der Waals surface area contributed by atoms with Gasteiger partial charge in [-0.3, -0.25) is 9.59 Å². The van der Waals surface area contributed by atoms with Gasteiger partial charge in [-0.2, -0.15) is 0 Å². The largest absolute Gasteiger partial charge is 0.392 e. The molecule has 0 saturated carbocycles. The molecule has 0 aliphatic heterocycles. The van der Waals surface area contributed by atoms with Crippen LogP contribution in [0.4, 0.5) is 10.5 Å². The van der Waals surface area contributed by atoms with E-state index in [9.17, 15) is 14.4 Å². The number of aliphatic hydroxyl groups is 1. The molecule has 0 fully saturated rings. The SMILES string of the molecule is NCC(=O)N[C@@H](CCCNC(N)=O)C(=O)Nc1ccc(CO)cc1. The summed E-state index contributed by atoms with van der Waals surface area (Å²) in [7, 11) is 0. The van der Waals surface area contributed by atoms with Crippen molar-refractivity contribution in [3.63, 3.8) is 0 Å². The Bertz CT molecular complexity index is 561. The first-order valence-corrected chi connectivity index (χ1v) is 7.49. The molecule has 24 heavy (non-hydrogen) atoms. The van der Waals surface area contributed by atoms with Gasteiger partial charge in [0.15, 0.2) is 0 Å². The molecule has 1 aromatic carbocycles. The van der Waals surface area contributed by atoms with Crippen molar-refractivity contribution < 1.29 is 19.5 Å². The van der Waals surface area contributed by atoms with Crippen LogP contribution in [0.25, 0.3) is 0 Å². The molecule has 0 unspecified atom stereocenters. The average Bonchev–Trinajstić information content (AvgIpc) is 2.57. The molecule has 0 aliphatic rings. The zero-order valence-electron chi connectivity index (χ0n) is 13.2. The third-order valence-corrected chi connectivity index (χ3v) is 3.21. The summed E-state index contributed by atoms with van der Waals surface area (Å²) in [6.07, 6.45) is 0.766. The van der Waals surface area contributed by atoms with Crippen molar-refractivity contribution in [2.24, 2.45) is 11.5 Å². The number of amides is 4. The first-order chi connectivity index (χ1) is 11.5. The van der Waals surface area contributed by atoms with E-state index >= 15 is 0 Å². The Morgan fingerprint density at radius 2 is 1.83 bits per heavy atom. The standard InChI is InChI=1S/C15H23N5O4/c16-8-13(22)20-12(2-1-7-18-15(17)24)14(23)19-11-5-3-10(9-21)4-6-11/h3-6,12,21H,1-2,7-9,16H2,(H,19,23)(H,20,22)(H3,17,18,24)/t12-/m0/s1. The maximum Gasteiger partial charge on any atom is 0.312 e. The summed E-state index contributed by atoms with van der Waals surface area (Å²) in [5.74, 6) is -0.846. The lowest BCUT2D eigenvalue weighted by atomic mass is 10.1. The van der Waals surface area contributed by atoms with Gasteiger partial charge in [-0.15, -0.1) is 0 Å². The van der Waals surface area contributed by atoms with Crippen LogP contribution in [-0.4, -0.2) is 42.1 Å². The van der Waals surface area contributed by atoms with Crippen LogP contribution in [0.1, 0.15) is 18.4 Å². The van der Waals surface area contributed by atoms with E-state index in [0.717, 1.165) is 5.56 Å². The number of aliphatic hydroxyl groups excluding tert-OH is 1. The molecule has 9 heteroatoms. The van der Waals surface area contributed by atoms with E-state index in [1.54, 1.807) is 24.3 Å². The van der Waals surface area contributed by atoms with Crippen LogP contribution in [0.3, 0.4) is 0 Å². The maximum atomic E-state index is 12.3. The Hall–Kier alpha value is -2.65. The van der Waals surface area contributed by atoms with E-state index < -0.39 is 23.9 Å². The third kappa shape index (κ3) is 7.07. The fourth-order valence-electron chi connectivity index (χ4n) is 1.96. The van der Waals surface area contributed by atoms with E-state index in [1.165, 1.54) is 0 Å². The number of carbonyl (C=O) groups is 3. The highest BCUT2D eigenvalue weighted by molar-refractivity contribution is 5.97. The van der Waals surface area contributed by atoms with Crippen molar-refractivity contribution in [2.45, 2.75) is 25.5 Å². The molecule has 0 radical (unpaired) electrons. The lowest BCUT2D eigenvalue weighted by Crippen LogP contribution is -2.46. The van der Waals surface area contributed by atoms with Crippen LogP contribution < -0.4 is 27.4 Å². The number of primary amides is 1. The number of nitrogens with two attached hydrogens (primary N) is 2. The zero-order chi connectivity index (χ0) is 17.9. The van der Waals surface area contributed by atoms with Crippen molar-refractivity contribution in [1.29, 1.82) is 0 Å². The molecule has 1 atom stereocenters. The van der Waals surface area contributed by atoms with E-state index in [0.29, 0.717) is 25.1 Å². The molecule has 4 amide bonds. The van der Waals surface area contributed by atoms with Gasteiger partial charge in [-0.1, -0.05) is 12.1 Å². The van der Waals surface area contributed by atoms with Gasteiger partial charge < -0.3 is 32.5 Å². The van der Waals surface area contributed by atoms with Gasteiger partial charge in [-0.05, 0) is 30.5 Å². The Morgan fingerprint density at radius 1 is 1.17 bits per heavy atom. The number of hydrogen-bond donors (Lipinski definition) is 6. The summed E-state index contributed by atoms with van der Waals surface area (Å²) in [6.45, 7) is -0.0202. The predicted molar refractivity (Wildman–Crippen MR) is 88.8 cm³/mol. The molecule has 0 saturated heterocycles. The molecule has 0 spiro atoms. The van der Waals surface area contributed by atoms with Gasteiger partial charge in [0.2, 0.25) is 11.8 Å². The van der Waals surface area contributed by atoms with Crippen LogP contribution >= 0.6 is 0 Å². The van der Waals surface area contributed by atoms with E-state index in [1.807, 2.05) is 0 Å². The molecule has 0 bridgehead atoms. The second kappa shape index (κ2) is 10.2. The van der Waals surface area contributed by atoms with Crippen molar-refractivity contribution in [2.75, 3.05) is 18.4 Å². The number of urea groups is 1. The monoisotopic (exact) mass is 337 g/mol. The minimum atomic E-state index is -0.784. The zero-order valence-corrected chi connectivity index (χ0v) is 13.2. The van der Waals surface area contributed by atoms with Crippen LogP contribution in [0.15, 0.2) is 24.3 Å². The van der Waals surface area contributed by atoms with Crippen LogP contribution in [0.2, 0.25) is 0 Å². The Labute approximate surface area is 139 Å². The first-order valence-electron chi connectivity index (χ1n) is 7.49. The highest BCUT2D eigenvalue weighted by atomic mass is 16.3. The Kier molecular flexibility index (Phi) is 8.23. The molecule has 9 nitrogen and oxygen atoms in total. The van der Waals surface area contributed by atoms with Crippen molar-refractivity contribution >= 4 is 23.5 Å². The maximum absolute atomic E-state index is 12.3. The number of nitrogens with one attached hydrogen (secondary N) is 3. The summed E-state index contributed by atoms with van der Waals surface area (Å²) in [5, 5.41) is 16.6. The second-order valence-corrected chi connectivity index (χ2v) is 5.10. The van der Waals surface area contributed by atoms with Crippen molar-refractivity contribution in [3.8, 4) is 0 Å². The molecular weight excluding hydrogens is 314 g/mol. The van der Waals surface area contributed by atoms with Gasteiger partial charge in [0.25, 0.3) is 0 Å². The molecule has 0 aromatic heterocycles. The van der Waals surface area contributed by atoms with Gasteiger partial charge in [0.1, 0.15) is 6.04 Å². The lowest BCUT2D eigenvalue weighted by molar-refractivity contribution is -0.125. The molecule has 0 aliphatic carbocycles. The van der Waals surface area contributed by atoms with E-state index in [4.69, 9.17) is 16.6 Å². The summed E-state index contributed by atoms with van der Waals surface area (Å²) in [5.41, 5.74) is 11.5. The van der Waals surface area contributed by atoms with Crippen molar-refractivity contribution in [3.05, 3.63) is 29.8 Å². The molecule has 1 rings (SSSR count). The van der Waals surface area contributed by atoms with E-state index in [2.05, 4.69) is 16.0 Å². The summed E-state index contributed by atoms with van der Waals surface area (Å²) >= 11 is 0. The summed E-state index contributed by atoms with van der Waals surface area (Å²) in [4.78, 5) is 34.4. The summed E-state index contributed by atoms with van der Waals surface area (Å²) in [6, 6.07) is 5.23. The normalized spacial score (nSPS) is 11.4. The fourth-order valence-corrected chi connectivity index (χ4v) is 1.96. The van der Waals surface area contributed by atoms with E-state index in [-0.39, 0.29) is 13.2 Å². The molecule has 8 N–H and O–H groups in total. The highest BCUT2D eigenvalue weighted by Crippen LogP contribution is 2.11. The van der Waals surface area contributed by atoms with Crippen LogP contribution in [-0.2, 0) is 16.2 Å². The van der Waals surface area contributed by atoms with Crippen LogP contribution in [0, 0.1) is 0 Å². The molecular formula is C15H23N5O4. The minimum absolute atomic E-state index is 0.0870. The number of rotatable bonds is 9. The predicted octanol–water partition coefficient (Wildman–Crippen LogP) is -0.991. The number of hydrogen-bond acceptors (Lipinski definition) is 5. The van der Waals surface area contributed by atoms with Crippen LogP contribution in [0.5, 0.6) is 0 Å². The third-order valence-electron chi connectivity index (χ3n) is 3.21. The van der Waals surface area contributed by atoms with Gasteiger partial charge in [0.05, 0.1) is 13.2 Å². The highest BCUT2D eigenvalue weighted by Gasteiger charge is 2.20. The molecule has 132 valence electrons. The molecule has 0 heterocycles. The first kappa shape index (κ1) is 19.4. The average molecular weight is 337 g/mol. The van der Waals surface area contributed by atoms with Crippen molar-refractivity contribution in [1.82, 2.24) is 10.6 Å². The lowest BCUT2D eigenvalue weighted by Gasteiger charge is -2.18. The Morgan fingerprint density at radius 3 is 2.38 bits per heavy atom. The number of carbonyl (C=O) groups excluding carboxylic acids is 3. The minimum Gasteiger partial charge on any atom is -0.392 e. The quantitative estimate of drug-likeness (QED) is 0.319. The summed E-state index contributed by atoms with van der Waals surface area (Å²) < 4.78 is 0. The second-order valence-electron chi connectivity index (χ2n) is 5.10. The Balaban J connectivity index is 2.63. The number of benzene rings is 1. The van der Waals surface area contributed by atoms with Gasteiger partial charge >= 0.3 is 6.03 Å². The number of anilines is 1. The molecule has 1 aromatic rings. The fraction of sp³-hybridized carbons (Fsp3) is 0.400. The van der Waals surface area contributed by atoms with Gasteiger partial charge in [0, 0.05) is 12.2 Å². The topological polar surface area (TPSA) is 160 Å². The smallest absolute Gasteiger partial charge is 0.312 e.